The normalized spacial score (nSPS) is 23.8. The molecule has 2 aliphatic heterocycles. The average Bonchev–Trinajstić information content (AvgIpc) is 2.45. The zero-order valence-corrected chi connectivity index (χ0v) is 55.2. The van der Waals surface area contributed by atoms with Gasteiger partial charge in [0, 0.05) is 6.42 Å². The Bertz CT molecular complexity index is 1850. The van der Waals surface area contributed by atoms with Crippen LogP contribution in [0.25, 0.3) is 0 Å². The predicted molar refractivity (Wildman–Crippen MR) is 359 cm³/mol. The van der Waals surface area contributed by atoms with Gasteiger partial charge in [0.1, 0.15) is 48.8 Å². The lowest BCUT2D eigenvalue weighted by Gasteiger charge is -2.46. The zero-order valence-electron chi connectivity index (χ0n) is 55.2. The van der Waals surface area contributed by atoms with Crippen molar-refractivity contribution in [2.45, 2.75) is 344 Å². The Balaban J connectivity index is 1.55. The maximum atomic E-state index is 13.3. The third-order valence-electron chi connectivity index (χ3n) is 16.8. The van der Waals surface area contributed by atoms with Crippen LogP contribution in [-0.4, -0.2) is 140 Å². The van der Waals surface area contributed by atoms with Crippen LogP contribution in [0.15, 0.2) is 97.2 Å². The van der Waals surface area contributed by atoms with E-state index in [9.17, 15) is 45.6 Å². The Kier molecular flexibility index (Phi) is 53.2. The first-order chi connectivity index (χ1) is 43.1. The van der Waals surface area contributed by atoms with Crippen molar-refractivity contribution in [3.63, 3.8) is 0 Å². The number of allylic oxidation sites excluding steroid dienone is 15. The lowest BCUT2D eigenvalue weighted by Crippen LogP contribution is -2.65. The van der Waals surface area contributed by atoms with Gasteiger partial charge in [-0.05, 0) is 83.5 Å². The zero-order chi connectivity index (χ0) is 63.8. The van der Waals surface area contributed by atoms with Gasteiger partial charge in [0.05, 0.1) is 32.0 Å². The predicted octanol–water partition coefficient (Wildman–Crippen LogP) is 14.6. The fourth-order valence-corrected chi connectivity index (χ4v) is 11.1. The van der Waals surface area contributed by atoms with E-state index in [-0.39, 0.29) is 18.9 Å². The van der Waals surface area contributed by atoms with E-state index in [1.165, 1.54) is 167 Å². The Morgan fingerprint density at radius 1 is 0.420 bits per heavy atom. The van der Waals surface area contributed by atoms with Crippen molar-refractivity contribution in [1.82, 2.24) is 5.32 Å². The molecule has 508 valence electrons. The quantitative estimate of drug-likeness (QED) is 0.0204. The van der Waals surface area contributed by atoms with Crippen LogP contribution in [0.4, 0.5) is 0 Å². The molecule has 2 saturated heterocycles. The summed E-state index contributed by atoms with van der Waals surface area (Å²) < 4.78 is 22.8. The van der Waals surface area contributed by atoms with Crippen molar-refractivity contribution in [1.29, 1.82) is 0 Å². The van der Waals surface area contributed by atoms with Gasteiger partial charge in [-0.25, -0.2) is 0 Å². The minimum atomic E-state index is -1.79. The molecule has 14 nitrogen and oxygen atoms in total. The highest BCUT2D eigenvalue weighted by atomic mass is 16.7. The maximum absolute atomic E-state index is 13.3. The van der Waals surface area contributed by atoms with Gasteiger partial charge in [0.15, 0.2) is 12.6 Å². The topological polar surface area (TPSA) is 228 Å². The van der Waals surface area contributed by atoms with Gasteiger partial charge in [-0.15, -0.1) is 0 Å². The molecule has 2 fully saturated rings. The summed E-state index contributed by atoms with van der Waals surface area (Å²) in [6.07, 6.45) is 65.0. The van der Waals surface area contributed by atoms with E-state index < -0.39 is 86.8 Å². The van der Waals surface area contributed by atoms with Gasteiger partial charge < -0.3 is 65.1 Å². The molecule has 2 heterocycles. The number of hydrogen-bond acceptors (Lipinski definition) is 13. The largest absolute Gasteiger partial charge is 0.394 e. The van der Waals surface area contributed by atoms with E-state index in [1.54, 1.807) is 6.08 Å². The lowest BCUT2D eigenvalue weighted by atomic mass is 9.97. The van der Waals surface area contributed by atoms with E-state index >= 15 is 0 Å². The Morgan fingerprint density at radius 3 is 1.25 bits per heavy atom. The molecule has 2 aliphatic rings. The van der Waals surface area contributed by atoms with Crippen LogP contribution >= 0.6 is 0 Å². The van der Waals surface area contributed by atoms with E-state index in [0.29, 0.717) is 12.8 Å². The standard InChI is InChI=1S/C74H129NO13/c1-3-5-7-9-11-13-15-17-18-19-20-21-22-23-24-25-26-27-28-29-30-31-32-33-34-35-36-37-38-39-40-41-42-43-44-46-48-50-52-54-56-58-66(79)75-62(63(78)57-55-53-51-49-47-45-16-14-12-10-8-6-4-2)61-85-73-71(84)69(82)72(65(60-77)87-73)88-74-70(83)68(81)67(80)64(59-76)86-74/h5,7,11,13,17-18,20-21,23-24,26-27,47,49,55,57,62-65,67-74,76-78,80-84H,3-4,6,8-10,12,14-16,19,22,25,28-46,48,50-54,56,58-61H2,1-2H3,(H,75,79)/b7-5-,13-11-,18-17-,21-20-,24-23-,27-26-,49-47+,57-55+. The van der Waals surface area contributed by atoms with Crippen molar-refractivity contribution < 1.29 is 64.6 Å². The first kappa shape index (κ1) is 81.0. The summed E-state index contributed by atoms with van der Waals surface area (Å²) in [6.45, 7) is 2.66. The third-order valence-corrected chi connectivity index (χ3v) is 16.8. The number of ether oxygens (including phenoxy) is 4. The second kappa shape index (κ2) is 57.8. The number of rotatable bonds is 57. The summed E-state index contributed by atoms with van der Waals surface area (Å²) in [4.78, 5) is 13.3. The Hall–Kier alpha value is -3.09. The van der Waals surface area contributed by atoms with Gasteiger partial charge in [-0.2, -0.15) is 0 Å². The fraction of sp³-hybridized carbons (Fsp3) is 0.770. The summed E-state index contributed by atoms with van der Waals surface area (Å²) in [5.41, 5.74) is 0. The van der Waals surface area contributed by atoms with Crippen molar-refractivity contribution >= 4 is 5.91 Å². The highest BCUT2D eigenvalue weighted by Crippen LogP contribution is 2.30. The molecule has 88 heavy (non-hydrogen) atoms. The van der Waals surface area contributed by atoms with E-state index in [4.69, 9.17) is 18.9 Å². The minimum Gasteiger partial charge on any atom is -0.394 e. The van der Waals surface area contributed by atoms with Gasteiger partial charge in [0.2, 0.25) is 5.91 Å². The molecule has 0 spiro atoms. The second-order valence-electron chi connectivity index (χ2n) is 24.6. The number of aliphatic hydroxyl groups is 8. The summed E-state index contributed by atoms with van der Waals surface area (Å²) in [5, 5.41) is 87.2. The van der Waals surface area contributed by atoms with Gasteiger partial charge in [-0.1, -0.05) is 278 Å². The molecule has 0 radical (unpaired) electrons. The first-order valence-corrected chi connectivity index (χ1v) is 35.5. The molecule has 0 saturated carbocycles. The summed E-state index contributed by atoms with van der Waals surface area (Å²) >= 11 is 0. The highest BCUT2D eigenvalue weighted by Gasteiger charge is 2.51. The van der Waals surface area contributed by atoms with E-state index in [1.807, 2.05) is 6.08 Å². The van der Waals surface area contributed by atoms with Crippen molar-refractivity contribution in [3.8, 4) is 0 Å². The van der Waals surface area contributed by atoms with Crippen molar-refractivity contribution in [2.75, 3.05) is 19.8 Å². The SMILES string of the molecule is CC/C=C\C/C=C\C/C=C\C/C=C\C/C=C\C/C=C\CCCCCCCCCCCCCCCCCCCCCCCCC(=O)NC(COC1OC(CO)C(OC2OC(CO)C(O)C(O)C2O)C(O)C1O)C(O)/C=C/CC/C=C/CCCCCCCCC. The fourth-order valence-electron chi connectivity index (χ4n) is 11.1. The van der Waals surface area contributed by atoms with Gasteiger partial charge in [0.25, 0.3) is 0 Å². The number of carbonyl (C=O) groups is 1. The molecule has 9 N–H and O–H groups in total. The highest BCUT2D eigenvalue weighted by molar-refractivity contribution is 5.76. The molecule has 0 aromatic carbocycles. The number of carbonyl (C=O) groups excluding carboxylic acids is 1. The molecule has 12 unspecified atom stereocenters. The van der Waals surface area contributed by atoms with Crippen LogP contribution in [0.1, 0.15) is 271 Å². The molecule has 1 amide bonds. The molecular weight excluding hydrogens is 1110 g/mol. The summed E-state index contributed by atoms with van der Waals surface area (Å²) in [5.74, 6) is -0.249. The van der Waals surface area contributed by atoms with E-state index in [2.05, 4.69) is 104 Å². The molecule has 0 aliphatic carbocycles. The molecule has 12 atom stereocenters. The number of nitrogens with one attached hydrogen (secondary N) is 1. The van der Waals surface area contributed by atoms with Crippen LogP contribution in [0, 0.1) is 0 Å². The van der Waals surface area contributed by atoms with Crippen LogP contribution in [0.5, 0.6) is 0 Å². The number of aliphatic hydroxyl groups excluding tert-OH is 8. The molecule has 2 rings (SSSR count). The van der Waals surface area contributed by atoms with Crippen molar-refractivity contribution in [3.05, 3.63) is 97.2 Å². The first-order valence-electron chi connectivity index (χ1n) is 35.5. The number of unbranched alkanes of at least 4 members (excludes halogenated alkanes) is 30. The minimum absolute atomic E-state index is 0.249. The molecule has 0 bridgehead atoms. The Labute approximate surface area is 534 Å². The van der Waals surface area contributed by atoms with Crippen LogP contribution in [0.3, 0.4) is 0 Å². The van der Waals surface area contributed by atoms with E-state index in [0.717, 1.165) is 70.6 Å². The lowest BCUT2D eigenvalue weighted by molar-refractivity contribution is -0.359. The molecular formula is C74H129NO13. The second-order valence-corrected chi connectivity index (χ2v) is 24.6. The van der Waals surface area contributed by atoms with Crippen LogP contribution in [0.2, 0.25) is 0 Å². The van der Waals surface area contributed by atoms with Gasteiger partial charge >= 0.3 is 0 Å². The smallest absolute Gasteiger partial charge is 0.220 e. The number of hydrogen-bond donors (Lipinski definition) is 9. The van der Waals surface area contributed by atoms with Crippen LogP contribution in [-0.2, 0) is 23.7 Å². The number of amides is 1. The third kappa shape index (κ3) is 41.4. The van der Waals surface area contributed by atoms with Crippen molar-refractivity contribution in [2.24, 2.45) is 0 Å². The van der Waals surface area contributed by atoms with Crippen LogP contribution < -0.4 is 5.32 Å². The average molecular weight is 1240 g/mol. The summed E-state index contributed by atoms with van der Waals surface area (Å²) in [6, 6.07) is -0.933. The van der Waals surface area contributed by atoms with Gasteiger partial charge in [-0.3, -0.25) is 4.79 Å². The summed E-state index contributed by atoms with van der Waals surface area (Å²) in [7, 11) is 0. The molecule has 0 aromatic rings. The maximum Gasteiger partial charge on any atom is 0.220 e. The Morgan fingerprint density at radius 2 is 0.795 bits per heavy atom. The molecule has 14 heteroatoms. The monoisotopic (exact) mass is 1240 g/mol. The molecule has 0 aromatic heterocycles.